The standard InChI is InChI=1S/C27H36N4O2/c1-18(2)13-15-31(16-14-19(3)4)26(33)22-9-12-24-25(17-22)30(6)27(29-24)28-23-10-7-21(8-11-23)20(5)32/h7-12,17-19H,13-16H2,1-6H3,(H,28,29). The van der Waals surface area contributed by atoms with Crippen molar-refractivity contribution in [3.8, 4) is 0 Å². The van der Waals surface area contributed by atoms with Crippen molar-refractivity contribution in [1.82, 2.24) is 14.5 Å². The van der Waals surface area contributed by atoms with Crippen LogP contribution in [0.15, 0.2) is 42.5 Å². The van der Waals surface area contributed by atoms with E-state index in [0.717, 1.165) is 42.7 Å². The van der Waals surface area contributed by atoms with Gasteiger partial charge in [0.2, 0.25) is 5.95 Å². The van der Waals surface area contributed by atoms with Crippen molar-refractivity contribution in [3.63, 3.8) is 0 Å². The van der Waals surface area contributed by atoms with Gasteiger partial charge in [-0.2, -0.15) is 0 Å². The van der Waals surface area contributed by atoms with Gasteiger partial charge >= 0.3 is 0 Å². The summed E-state index contributed by atoms with van der Waals surface area (Å²) in [5.74, 6) is 1.90. The van der Waals surface area contributed by atoms with Crippen molar-refractivity contribution >= 4 is 34.4 Å². The fraction of sp³-hybridized carbons (Fsp3) is 0.444. The van der Waals surface area contributed by atoms with Crippen LogP contribution in [0.2, 0.25) is 0 Å². The highest BCUT2D eigenvalue weighted by atomic mass is 16.2. The number of nitrogens with zero attached hydrogens (tertiary/aromatic N) is 3. The first-order valence-corrected chi connectivity index (χ1v) is 11.8. The highest BCUT2D eigenvalue weighted by molar-refractivity contribution is 5.98. The topological polar surface area (TPSA) is 67.2 Å². The van der Waals surface area contributed by atoms with E-state index < -0.39 is 0 Å². The summed E-state index contributed by atoms with van der Waals surface area (Å²) in [5, 5.41) is 3.31. The molecule has 0 bridgehead atoms. The molecule has 1 amide bonds. The molecule has 0 radical (unpaired) electrons. The van der Waals surface area contributed by atoms with Crippen molar-refractivity contribution in [2.45, 2.75) is 47.5 Å². The second-order valence-corrected chi connectivity index (χ2v) is 9.61. The van der Waals surface area contributed by atoms with Crippen LogP contribution in [0.1, 0.15) is 68.2 Å². The number of carbonyl (C=O) groups is 2. The van der Waals surface area contributed by atoms with Crippen LogP contribution >= 0.6 is 0 Å². The van der Waals surface area contributed by atoms with Crippen LogP contribution in [-0.2, 0) is 7.05 Å². The lowest BCUT2D eigenvalue weighted by molar-refractivity contribution is 0.0740. The number of hydrogen-bond acceptors (Lipinski definition) is 4. The number of hydrogen-bond donors (Lipinski definition) is 1. The van der Waals surface area contributed by atoms with Gasteiger partial charge in [-0.15, -0.1) is 0 Å². The van der Waals surface area contributed by atoms with Gasteiger partial charge in [0.05, 0.1) is 11.0 Å². The molecule has 2 aromatic carbocycles. The van der Waals surface area contributed by atoms with E-state index in [0.29, 0.717) is 28.9 Å². The van der Waals surface area contributed by atoms with Gasteiger partial charge < -0.3 is 14.8 Å². The third kappa shape index (κ3) is 6.21. The van der Waals surface area contributed by atoms with Gasteiger partial charge in [0.15, 0.2) is 5.78 Å². The first-order chi connectivity index (χ1) is 15.7. The molecule has 1 heterocycles. The van der Waals surface area contributed by atoms with Gasteiger partial charge in [0.1, 0.15) is 0 Å². The maximum absolute atomic E-state index is 13.4. The summed E-state index contributed by atoms with van der Waals surface area (Å²) < 4.78 is 1.96. The molecule has 3 rings (SSSR count). The number of aromatic nitrogens is 2. The maximum atomic E-state index is 13.4. The maximum Gasteiger partial charge on any atom is 0.253 e. The number of fused-ring (bicyclic) bond motifs is 1. The van der Waals surface area contributed by atoms with Crippen LogP contribution in [0, 0.1) is 11.8 Å². The zero-order valence-corrected chi connectivity index (χ0v) is 20.7. The number of benzene rings is 2. The number of amides is 1. The molecule has 0 saturated carbocycles. The minimum Gasteiger partial charge on any atom is -0.339 e. The van der Waals surface area contributed by atoms with Crippen LogP contribution in [0.25, 0.3) is 11.0 Å². The van der Waals surface area contributed by atoms with E-state index in [1.165, 1.54) is 0 Å². The fourth-order valence-electron chi connectivity index (χ4n) is 3.68. The Labute approximate surface area is 197 Å². The molecule has 6 heteroatoms. The number of aryl methyl sites for hydroxylation is 1. The lowest BCUT2D eigenvalue weighted by atomic mass is 10.1. The summed E-state index contributed by atoms with van der Waals surface area (Å²) in [6.45, 7) is 11.9. The lowest BCUT2D eigenvalue weighted by Crippen LogP contribution is -2.34. The van der Waals surface area contributed by atoms with E-state index in [4.69, 9.17) is 0 Å². The zero-order chi connectivity index (χ0) is 24.1. The van der Waals surface area contributed by atoms with Crippen LogP contribution in [0.4, 0.5) is 11.6 Å². The molecule has 0 atom stereocenters. The van der Waals surface area contributed by atoms with E-state index in [9.17, 15) is 9.59 Å². The number of imidazole rings is 1. The average Bonchev–Trinajstić information content (AvgIpc) is 3.08. The molecular weight excluding hydrogens is 412 g/mol. The van der Waals surface area contributed by atoms with Gasteiger partial charge in [0, 0.05) is 37.0 Å². The molecule has 6 nitrogen and oxygen atoms in total. The molecule has 176 valence electrons. The van der Waals surface area contributed by atoms with E-state index >= 15 is 0 Å². The van der Waals surface area contributed by atoms with Crippen LogP contribution in [0.5, 0.6) is 0 Å². The summed E-state index contributed by atoms with van der Waals surface area (Å²) in [7, 11) is 1.94. The molecule has 1 aromatic heterocycles. The number of ketones is 1. The normalized spacial score (nSPS) is 11.4. The number of Topliss-reactive ketones (excluding diaryl/α,β-unsaturated/α-hetero) is 1. The molecular formula is C27H36N4O2. The molecule has 0 saturated heterocycles. The molecule has 1 N–H and O–H groups in total. The monoisotopic (exact) mass is 448 g/mol. The molecule has 0 fully saturated rings. The Morgan fingerprint density at radius 2 is 1.52 bits per heavy atom. The third-order valence-electron chi connectivity index (χ3n) is 5.92. The van der Waals surface area contributed by atoms with Gasteiger partial charge in [-0.3, -0.25) is 9.59 Å². The summed E-state index contributed by atoms with van der Waals surface area (Å²) in [5.41, 5.74) is 3.94. The van der Waals surface area contributed by atoms with Crippen molar-refractivity contribution < 1.29 is 9.59 Å². The number of carbonyl (C=O) groups excluding carboxylic acids is 2. The zero-order valence-electron chi connectivity index (χ0n) is 20.7. The number of rotatable bonds is 10. The smallest absolute Gasteiger partial charge is 0.253 e. The van der Waals surface area contributed by atoms with E-state index in [1.54, 1.807) is 19.1 Å². The van der Waals surface area contributed by atoms with Crippen LogP contribution < -0.4 is 5.32 Å². The Morgan fingerprint density at radius 1 is 0.939 bits per heavy atom. The Hall–Kier alpha value is -3.15. The van der Waals surface area contributed by atoms with Crippen LogP contribution in [-0.4, -0.2) is 39.2 Å². The predicted molar refractivity (Wildman–Crippen MR) is 135 cm³/mol. The second-order valence-electron chi connectivity index (χ2n) is 9.61. The fourth-order valence-corrected chi connectivity index (χ4v) is 3.68. The quantitative estimate of drug-likeness (QED) is 0.383. The Morgan fingerprint density at radius 3 is 2.06 bits per heavy atom. The molecule has 0 unspecified atom stereocenters. The SMILES string of the molecule is CC(=O)c1ccc(Nc2nc3ccc(C(=O)N(CCC(C)C)CCC(C)C)cc3n2C)cc1. The first kappa shape index (κ1) is 24.5. The average molecular weight is 449 g/mol. The number of anilines is 2. The summed E-state index contributed by atoms with van der Waals surface area (Å²) >= 11 is 0. The summed E-state index contributed by atoms with van der Waals surface area (Å²) in [6, 6.07) is 13.1. The number of nitrogens with one attached hydrogen (secondary N) is 1. The molecule has 0 aliphatic rings. The minimum absolute atomic E-state index is 0.0392. The van der Waals surface area contributed by atoms with Crippen molar-refractivity contribution in [2.24, 2.45) is 18.9 Å². The molecule has 33 heavy (non-hydrogen) atoms. The lowest BCUT2D eigenvalue weighted by Gasteiger charge is -2.24. The predicted octanol–water partition coefficient (Wildman–Crippen LogP) is 6.05. The van der Waals surface area contributed by atoms with Crippen molar-refractivity contribution in [3.05, 3.63) is 53.6 Å². The van der Waals surface area contributed by atoms with Gasteiger partial charge in [-0.25, -0.2) is 4.98 Å². The Kier molecular flexibility index (Phi) is 7.90. The van der Waals surface area contributed by atoms with Crippen molar-refractivity contribution in [2.75, 3.05) is 18.4 Å². The van der Waals surface area contributed by atoms with E-state index in [-0.39, 0.29) is 11.7 Å². The second kappa shape index (κ2) is 10.6. The van der Waals surface area contributed by atoms with E-state index in [2.05, 4.69) is 38.0 Å². The highest BCUT2D eigenvalue weighted by Gasteiger charge is 2.18. The molecule has 0 spiro atoms. The van der Waals surface area contributed by atoms with Crippen LogP contribution in [0.3, 0.4) is 0 Å². The van der Waals surface area contributed by atoms with Gasteiger partial charge in [-0.1, -0.05) is 27.7 Å². The minimum atomic E-state index is 0.0392. The summed E-state index contributed by atoms with van der Waals surface area (Å²) in [6.07, 6.45) is 1.99. The summed E-state index contributed by atoms with van der Waals surface area (Å²) in [4.78, 5) is 31.5. The molecule has 0 aliphatic heterocycles. The first-order valence-electron chi connectivity index (χ1n) is 11.8. The molecule has 0 aliphatic carbocycles. The third-order valence-corrected chi connectivity index (χ3v) is 5.92. The van der Waals surface area contributed by atoms with Gasteiger partial charge in [0.25, 0.3) is 5.91 Å². The highest BCUT2D eigenvalue weighted by Crippen LogP contribution is 2.24. The van der Waals surface area contributed by atoms with Gasteiger partial charge in [-0.05, 0) is 74.1 Å². The van der Waals surface area contributed by atoms with Crippen molar-refractivity contribution in [1.29, 1.82) is 0 Å². The Balaban J connectivity index is 1.83. The Bertz CT molecular complexity index is 1100. The largest absolute Gasteiger partial charge is 0.339 e. The van der Waals surface area contributed by atoms with E-state index in [1.807, 2.05) is 46.8 Å². The molecule has 3 aromatic rings.